The van der Waals surface area contributed by atoms with E-state index in [9.17, 15) is 0 Å². The van der Waals surface area contributed by atoms with Crippen molar-refractivity contribution in [2.24, 2.45) is 5.92 Å². The second kappa shape index (κ2) is 4.74. The normalized spacial score (nSPS) is 16.2. The van der Waals surface area contributed by atoms with Crippen molar-refractivity contribution >= 4 is 5.95 Å². The summed E-state index contributed by atoms with van der Waals surface area (Å²) in [5.74, 6) is 1.32. The van der Waals surface area contributed by atoms with Gasteiger partial charge in [-0.2, -0.15) is 5.26 Å². The first-order valence-electron chi connectivity index (χ1n) is 5.35. The Kier molecular flexibility index (Phi) is 3.13. The van der Waals surface area contributed by atoms with Crippen LogP contribution in [0.2, 0.25) is 0 Å². The first-order valence-corrected chi connectivity index (χ1v) is 5.35. The number of rotatable bonds is 3. The lowest BCUT2D eigenvalue weighted by atomic mass is 10.1. The highest BCUT2D eigenvalue weighted by Gasteiger charge is 2.14. The molecule has 1 N–H and O–H groups in total. The van der Waals surface area contributed by atoms with Crippen molar-refractivity contribution in [3.05, 3.63) is 18.0 Å². The molecule has 0 saturated heterocycles. The van der Waals surface area contributed by atoms with E-state index in [-0.39, 0.29) is 0 Å². The van der Waals surface area contributed by atoms with E-state index in [1.54, 1.807) is 12.3 Å². The zero-order valence-electron chi connectivity index (χ0n) is 8.61. The molecule has 0 amide bonds. The molecule has 1 fully saturated rings. The van der Waals surface area contributed by atoms with Crippen molar-refractivity contribution in [3.63, 3.8) is 0 Å². The predicted octanol–water partition coefficient (Wildman–Crippen LogP) is 1.95. The van der Waals surface area contributed by atoms with Crippen LogP contribution in [0, 0.1) is 17.2 Å². The van der Waals surface area contributed by atoms with Crippen molar-refractivity contribution < 1.29 is 0 Å². The molecule has 4 nitrogen and oxygen atoms in total. The second-order valence-corrected chi connectivity index (χ2v) is 3.91. The van der Waals surface area contributed by atoms with Crippen molar-refractivity contribution in [2.45, 2.75) is 25.7 Å². The van der Waals surface area contributed by atoms with Crippen LogP contribution in [-0.2, 0) is 0 Å². The molecule has 0 aliphatic heterocycles. The lowest BCUT2D eigenvalue weighted by Crippen LogP contribution is -2.13. The fourth-order valence-corrected chi connectivity index (χ4v) is 1.96. The van der Waals surface area contributed by atoms with Gasteiger partial charge in [0, 0.05) is 12.7 Å². The van der Waals surface area contributed by atoms with Crippen LogP contribution in [0.5, 0.6) is 0 Å². The highest BCUT2D eigenvalue weighted by Crippen LogP contribution is 2.24. The monoisotopic (exact) mass is 202 g/mol. The summed E-state index contributed by atoms with van der Waals surface area (Å²) in [6.45, 7) is 0.925. The summed E-state index contributed by atoms with van der Waals surface area (Å²) in [6, 6.07) is 3.62. The Bertz CT molecular complexity index is 363. The molecule has 0 radical (unpaired) electrons. The van der Waals surface area contributed by atoms with E-state index in [1.807, 2.05) is 6.07 Å². The first kappa shape index (κ1) is 9.91. The van der Waals surface area contributed by atoms with Gasteiger partial charge in [0.2, 0.25) is 5.95 Å². The van der Waals surface area contributed by atoms with Crippen LogP contribution < -0.4 is 5.32 Å². The van der Waals surface area contributed by atoms with Crippen molar-refractivity contribution in [1.29, 1.82) is 5.26 Å². The number of nitriles is 1. The molecule has 1 aromatic rings. The van der Waals surface area contributed by atoms with Crippen LogP contribution in [0.1, 0.15) is 31.4 Å². The van der Waals surface area contributed by atoms with Gasteiger partial charge < -0.3 is 5.32 Å². The molecular formula is C11H14N4. The molecule has 1 aromatic heterocycles. The molecule has 1 aliphatic rings. The summed E-state index contributed by atoms with van der Waals surface area (Å²) in [4.78, 5) is 8.14. The van der Waals surface area contributed by atoms with Crippen LogP contribution in [-0.4, -0.2) is 16.5 Å². The minimum absolute atomic E-state index is 0.416. The second-order valence-electron chi connectivity index (χ2n) is 3.91. The highest BCUT2D eigenvalue weighted by atomic mass is 15.1. The van der Waals surface area contributed by atoms with Gasteiger partial charge in [-0.05, 0) is 24.8 Å². The predicted molar refractivity (Wildman–Crippen MR) is 57.2 cm³/mol. The average molecular weight is 202 g/mol. The number of aromatic nitrogens is 2. The lowest BCUT2D eigenvalue weighted by molar-refractivity contribution is 0.577. The molecule has 1 aliphatic carbocycles. The number of hydrogen-bond acceptors (Lipinski definition) is 4. The number of nitrogens with zero attached hydrogens (tertiary/aromatic N) is 3. The Balaban J connectivity index is 1.90. The lowest BCUT2D eigenvalue weighted by Gasteiger charge is -2.09. The topological polar surface area (TPSA) is 61.6 Å². The number of nitrogens with one attached hydrogen (secondary N) is 1. The third kappa shape index (κ3) is 2.66. The Hall–Kier alpha value is -1.63. The van der Waals surface area contributed by atoms with Gasteiger partial charge in [-0.3, -0.25) is 0 Å². The SMILES string of the molecule is N#Cc1ccnc(NCC2CCCC2)n1. The number of hydrogen-bond donors (Lipinski definition) is 1. The zero-order chi connectivity index (χ0) is 10.5. The maximum atomic E-state index is 8.67. The largest absolute Gasteiger partial charge is 0.354 e. The quantitative estimate of drug-likeness (QED) is 0.813. The molecule has 4 heteroatoms. The van der Waals surface area contributed by atoms with E-state index in [0.29, 0.717) is 11.6 Å². The van der Waals surface area contributed by atoms with Gasteiger partial charge in [-0.1, -0.05) is 12.8 Å². The molecule has 0 spiro atoms. The molecule has 2 rings (SSSR count). The third-order valence-corrected chi connectivity index (χ3v) is 2.79. The van der Waals surface area contributed by atoms with Gasteiger partial charge in [0.15, 0.2) is 0 Å². The van der Waals surface area contributed by atoms with E-state index in [0.717, 1.165) is 12.5 Å². The minimum Gasteiger partial charge on any atom is -0.354 e. The molecule has 0 atom stereocenters. The van der Waals surface area contributed by atoms with E-state index in [2.05, 4.69) is 15.3 Å². The van der Waals surface area contributed by atoms with Crippen molar-refractivity contribution in [3.8, 4) is 6.07 Å². The molecule has 15 heavy (non-hydrogen) atoms. The Morgan fingerprint density at radius 1 is 1.47 bits per heavy atom. The van der Waals surface area contributed by atoms with Crippen LogP contribution in [0.3, 0.4) is 0 Å². The fourth-order valence-electron chi connectivity index (χ4n) is 1.96. The summed E-state index contributed by atoms with van der Waals surface area (Å²) in [7, 11) is 0. The van der Waals surface area contributed by atoms with E-state index in [4.69, 9.17) is 5.26 Å². The molecule has 0 unspecified atom stereocenters. The third-order valence-electron chi connectivity index (χ3n) is 2.79. The summed E-state index contributed by atoms with van der Waals surface area (Å²) in [5.41, 5.74) is 0.416. The summed E-state index contributed by atoms with van der Waals surface area (Å²) >= 11 is 0. The average Bonchev–Trinajstić information content (AvgIpc) is 2.79. The van der Waals surface area contributed by atoms with Crippen LogP contribution in [0.25, 0.3) is 0 Å². The van der Waals surface area contributed by atoms with Gasteiger partial charge in [0.1, 0.15) is 11.8 Å². The minimum atomic E-state index is 0.416. The molecule has 78 valence electrons. The molecule has 0 aromatic carbocycles. The summed E-state index contributed by atoms with van der Waals surface area (Å²) in [5, 5.41) is 11.9. The van der Waals surface area contributed by atoms with E-state index >= 15 is 0 Å². The van der Waals surface area contributed by atoms with Crippen molar-refractivity contribution in [1.82, 2.24) is 9.97 Å². The fraction of sp³-hybridized carbons (Fsp3) is 0.545. The summed E-state index contributed by atoms with van der Waals surface area (Å²) < 4.78 is 0. The molecule has 1 saturated carbocycles. The zero-order valence-corrected chi connectivity index (χ0v) is 8.61. The number of anilines is 1. The van der Waals surface area contributed by atoms with Gasteiger partial charge in [0.05, 0.1) is 0 Å². The first-order chi connectivity index (χ1) is 7.38. The molecular weight excluding hydrogens is 188 g/mol. The van der Waals surface area contributed by atoms with Gasteiger partial charge >= 0.3 is 0 Å². The van der Waals surface area contributed by atoms with Crippen LogP contribution in [0.15, 0.2) is 12.3 Å². The Morgan fingerprint density at radius 2 is 2.27 bits per heavy atom. The maximum absolute atomic E-state index is 8.67. The Labute approximate surface area is 89.4 Å². The Morgan fingerprint density at radius 3 is 3.00 bits per heavy atom. The maximum Gasteiger partial charge on any atom is 0.223 e. The van der Waals surface area contributed by atoms with E-state index < -0.39 is 0 Å². The summed E-state index contributed by atoms with van der Waals surface area (Å²) in [6.07, 6.45) is 6.88. The standard InChI is InChI=1S/C11H14N4/c12-7-10-5-6-13-11(15-10)14-8-9-3-1-2-4-9/h5-6,9H,1-4,8H2,(H,13,14,15). The molecule has 0 bridgehead atoms. The van der Waals surface area contributed by atoms with Crippen LogP contribution >= 0.6 is 0 Å². The van der Waals surface area contributed by atoms with Gasteiger partial charge in [-0.15, -0.1) is 0 Å². The van der Waals surface area contributed by atoms with Gasteiger partial charge in [-0.25, -0.2) is 9.97 Å². The molecule has 1 heterocycles. The highest BCUT2D eigenvalue weighted by molar-refractivity contribution is 5.29. The smallest absolute Gasteiger partial charge is 0.223 e. The van der Waals surface area contributed by atoms with Crippen LogP contribution in [0.4, 0.5) is 5.95 Å². The van der Waals surface area contributed by atoms with Gasteiger partial charge in [0.25, 0.3) is 0 Å². The van der Waals surface area contributed by atoms with Crippen molar-refractivity contribution in [2.75, 3.05) is 11.9 Å². The van der Waals surface area contributed by atoms with E-state index in [1.165, 1.54) is 25.7 Å².